The molecule has 0 fully saturated rings. The lowest BCUT2D eigenvalue weighted by molar-refractivity contribution is 0.598. The van der Waals surface area contributed by atoms with Crippen molar-refractivity contribution in [3.05, 3.63) is 95.7 Å². The van der Waals surface area contributed by atoms with Crippen LogP contribution in [-0.4, -0.2) is 0 Å². The number of allylic oxidation sites excluding steroid dienone is 16. The molecule has 0 heteroatoms. The van der Waals surface area contributed by atoms with Crippen molar-refractivity contribution in [2.45, 2.75) is 19.3 Å². The second-order valence-electron chi connectivity index (χ2n) is 6.42. The van der Waals surface area contributed by atoms with Gasteiger partial charge in [-0.25, -0.2) is 0 Å². The van der Waals surface area contributed by atoms with Gasteiger partial charge in [-0.15, -0.1) is 0 Å². The van der Waals surface area contributed by atoms with Gasteiger partial charge in [-0.1, -0.05) is 79.0 Å². The normalized spacial score (nSPS) is 32.4. The highest BCUT2D eigenvalue weighted by atomic mass is 14.3. The van der Waals surface area contributed by atoms with Crippen molar-refractivity contribution in [1.82, 2.24) is 0 Å². The fraction of sp³-hybridized carbons (Fsp3) is 0.273. The maximum atomic E-state index is 2.40. The predicted molar refractivity (Wildman–Crippen MR) is 94.3 cm³/mol. The summed E-state index contributed by atoms with van der Waals surface area (Å²) < 4.78 is 0. The molecule has 4 aliphatic carbocycles. The van der Waals surface area contributed by atoms with E-state index in [0.717, 1.165) is 6.42 Å². The summed E-state index contributed by atoms with van der Waals surface area (Å²) in [6.07, 6.45) is 33.3. The molecule has 4 rings (SSSR count). The maximum absolute atomic E-state index is 2.40. The van der Waals surface area contributed by atoms with E-state index in [2.05, 4.69) is 79.0 Å². The van der Waals surface area contributed by atoms with E-state index >= 15 is 0 Å². The maximum Gasteiger partial charge on any atom is 0.0124 e. The number of hydrogen-bond acceptors (Lipinski definition) is 0. The highest BCUT2D eigenvalue weighted by Gasteiger charge is 2.30. The summed E-state index contributed by atoms with van der Waals surface area (Å²) in [4.78, 5) is 0. The molecule has 110 valence electrons. The van der Waals surface area contributed by atoms with Crippen molar-refractivity contribution >= 4 is 0 Å². The molecule has 0 bridgehead atoms. The van der Waals surface area contributed by atoms with Gasteiger partial charge in [-0.2, -0.15) is 0 Å². The van der Waals surface area contributed by atoms with Crippen LogP contribution in [0, 0.1) is 17.8 Å². The number of hydrogen-bond donors (Lipinski definition) is 0. The van der Waals surface area contributed by atoms with E-state index < -0.39 is 0 Å². The summed E-state index contributed by atoms with van der Waals surface area (Å²) in [5, 5.41) is 0. The van der Waals surface area contributed by atoms with Crippen LogP contribution >= 0.6 is 0 Å². The lowest BCUT2D eigenvalue weighted by atomic mass is 9.70. The molecule has 3 unspecified atom stereocenters. The molecule has 0 amide bonds. The first kappa shape index (κ1) is 13.6. The van der Waals surface area contributed by atoms with Crippen LogP contribution in [0.2, 0.25) is 0 Å². The highest BCUT2D eigenvalue weighted by molar-refractivity contribution is 5.53. The van der Waals surface area contributed by atoms with Gasteiger partial charge in [0, 0.05) is 17.8 Å². The Morgan fingerprint density at radius 2 is 1.73 bits per heavy atom. The van der Waals surface area contributed by atoms with Crippen LogP contribution in [-0.2, 0) is 0 Å². The van der Waals surface area contributed by atoms with Crippen molar-refractivity contribution in [3.63, 3.8) is 0 Å². The molecule has 0 aromatic rings. The first-order chi connectivity index (χ1) is 10.9. The Labute approximate surface area is 133 Å². The predicted octanol–water partition coefficient (Wildman–Crippen LogP) is 5.62. The quantitative estimate of drug-likeness (QED) is 0.618. The summed E-state index contributed by atoms with van der Waals surface area (Å²) in [5.74, 6) is 1.57. The van der Waals surface area contributed by atoms with Crippen LogP contribution in [0.5, 0.6) is 0 Å². The average molecular weight is 286 g/mol. The van der Waals surface area contributed by atoms with E-state index in [1.165, 1.54) is 18.4 Å². The van der Waals surface area contributed by atoms with Gasteiger partial charge in [0.2, 0.25) is 0 Å². The van der Waals surface area contributed by atoms with E-state index in [-0.39, 0.29) is 0 Å². The zero-order valence-corrected chi connectivity index (χ0v) is 12.9. The molecule has 0 aliphatic heterocycles. The van der Waals surface area contributed by atoms with Crippen LogP contribution in [0.1, 0.15) is 19.3 Å². The fourth-order valence-electron chi connectivity index (χ4n) is 3.95. The topological polar surface area (TPSA) is 0 Å². The largest absolute Gasteiger partial charge is 0.0842 e. The van der Waals surface area contributed by atoms with E-state index in [1.54, 1.807) is 11.1 Å². The van der Waals surface area contributed by atoms with Gasteiger partial charge < -0.3 is 0 Å². The van der Waals surface area contributed by atoms with Crippen LogP contribution < -0.4 is 0 Å². The van der Waals surface area contributed by atoms with Crippen molar-refractivity contribution in [3.8, 4) is 0 Å². The van der Waals surface area contributed by atoms with E-state index in [0.29, 0.717) is 17.8 Å². The molecule has 0 saturated heterocycles. The SMILES string of the molecule is C1=CCCC(C2=C(C3C=CC=CC3)C=CC3C=CC=CC23)=C1. The van der Waals surface area contributed by atoms with Crippen LogP contribution in [0.3, 0.4) is 0 Å². The van der Waals surface area contributed by atoms with E-state index in [1.807, 2.05) is 0 Å². The molecule has 0 N–H and O–H groups in total. The molecule has 4 aliphatic rings. The zero-order valence-electron chi connectivity index (χ0n) is 12.9. The lowest BCUT2D eigenvalue weighted by Gasteiger charge is -2.34. The lowest BCUT2D eigenvalue weighted by Crippen LogP contribution is -2.22. The molecule has 0 nitrogen and oxygen atoms in total. The molecule has 3 atom stereocenters. The molecule has 0 aromatic heterocycles. The minimum absolute atomic E-state index is 0.516. The Balaban J connectivity index is 1.81. The third kappa shape index (κ3) is 2.43. The minimum Gasteiger partial charge on any atom is -0.0842 e. The average Bonchev–Trinajstić information content (AvgIpc) is 2.62. The van der Waals surface area contributed by atoms with Gasteiger partial charge >= 0.3 is 0 Å². The third-order valence-electron chi connectivity index (χ3n) is 5.06. The summed E-state index contributed by atoms with van der Waals surface area (Å²) >= 11 is 0. The number of fused-ring (bicyclic) bond motifs is 1. The van der Waals surface area contributed by atoms with Crippen molar-refractivity contribution in [2.75, 3.05) is 0 Å². The van der Waals surface area contributed by atoms with E-state index in [9.17, 15) is 0 Å². The molecule has 0 radical (unpaired) electrons. The van der Waals surface area contributed by atoms with Gasteiger partial charge in [0.25, 0.3) is 0 Å². The molecule has 0 heterocycles. The smallest absolute Gasteiger partial charge is 0.0124 e. The van der Waals surface area contributed by atoms with Crippen LogP contribution in [0.4, 0.5) is 0 Å². The molecule has 0 aromatic carbocycles. The summed E-state index contributed by atoms with van der Waals surface area (Å²) in [7, 11) is 0. The van der Waals surface area contributed by atoms with Gasteiger partial charge in [0.15, 0.2) is 0 Å². The molecule has 0 spiro atoms. The fourth-order valence-corrected chi connectivity index (χ4v) is 3.95. The van der Waals surface area contributed by atoms with Crippen molar-refractivity contribution in [2.24, 2.45) is 17.8 Å². The van der Waals surface area contributed by atoms with Crippen molar-refractivity contribution in [1.29, 1.82) is 0 Å². The van der Waals surface area contributed by atoms with Gasteiger partial charge in [0.05, 0.1) is 0 Å². The Bertz CT molecular complexity index is 686. The Morgan fingerprint density at radius 1 is 0.818 bits per heavy atom. The van der Waals surface area contributed by atoms with Crippen molar-refractivity contribution < 1.29 is 0 Å². The second-order valence-corrected chi connectivity index (χ2v) is 6.42. The van der Waals surface area contributed by atoms with Crippen LogP contribution in [0.25, 0.3) is 0 Å². The summed E-state index contributed by atoms with van der Waals surface area (Å²) in [5.41, 5.74) is 4.66. The third-order valence-corrected chi connectivity index (χ3v) is 5.06. The van der Waals surface area contributed by atoms with Gasteiger partial charge in [-0.3, -0.25) is 0 Å². The van der Waals surface area contributed by atoms with E-state index in [4.69, 9.17) is 0 Å². The molecule has 0 saturated carbocycles. The Hall–Kier alpha value is -2.08. The first-order valence-corrected chi connectivity index (χ1v) is 8.40. The summed E-state index contributed by atoms with van der Waals surface area (Å²) in [6, 6.07) is 0. The molecular weight excluding hydrogens is 264 g/mol. The minimum atomic E-state index is 0.516. The monoisotopic (exact) mass is 286 g/mol. The van der Waals surface area contributed by atoms with Gasteiger partial charge in [-0.05, 0) is 36.0 Å². The second kappa shape index (κ2) is 5.96. The molecular formula is C22H22. The zero-order chi connectivity index (χ0) is 14.8. The van der Waals surface area contributed by atoms with Crippen LogP contribution in [0.15, 0.2) is 95.7 Å². The standard InChI is InChI=1S/C22H22/c1-3-9-17(10-4-1)21-16-15-18-11-7-8-14-20(18)22(21)19-12-5-2-6-13-19/h1-5,7-9,11-12,14-18,20H,6,10,13H2. The highest BCUT2D eigenvalue weighted by Crippen LogP contribution is 2.43. The molecule has 22 heavy (non-hydrogen) atoms. The number of rotatable bonds is 2. The Kier molecular flexibility index (Phi) is 3.68. The van der Waals surface area contributed by atoms with Gasteiger partial charge in [0.1, 0.15) is 0 Å². The summed E-state index contributed by atoms with van der Waals surface area (Å²) in [6.45, 7) is 0. The Morgan fingerprint density at radius 3 is 2.55 bits per heavy atom. The first-order valence-electron chi connectivity index (χ1n) is 8.40.